The third-order valence-electron chi connectivity index (χ3n) is 2.40. The number of ether oxygens (including phenoxy) is 1. The van der Waals surface area contributed by atoms with Crippen LogP contribution in [0.25, 0.3) is 10.8 Å². The molecule has 4 heteroatoms. The van der Waals surface area contributed by atoms with Gasteiger partial charge in [0.15, 0.2) is 0 Å². The Kier molecular flexibility index (Phi) is 2.71. The molecule has 1 N–H and O–H groups in total. The Labute approximate surface area is 97.2 Å². The zero-order valence-electron chi connectivity index (χ0n) is 8.53. The highest BCUT2D eigenvalue weighted by molar-refractivity contribution is 6.36. The van der Waals surface area contributed by atoms with E-state index < -0.39 is 5.97 Å². The number of halogens is 1. The Morgan fingerprint density at radius 1 is 1.31 bits per heavy atom. The minimum absolute atomic E-state index is 0.221. The molecule has 0 spiro atoms. The lowest BCUT2D eigenvalue weighted by atomic mass is 10.0. The molecule has 0 unspecified atom stereocenters. The molecule has 0 heterocycles. The van der Waals surface area contributed by atoms with Crippen LogP contribution < -0.4 is 4.74 Å². The number of carboxylic acid groups (broad SMARTS) is 1. The van der Waals surface area contributed by atoms with Crippen LogP contribution in [-0.2, 0) is 0 Å². The molecule has 0 aliphatic carbocycles. The van der Waals surface area contributed by atoms with E-state index >= 15 is 0 Å². The molecular weight excluding hydrogens is 228 g/mol. The van der Waals surface area contributed by atoms with Gasteiger partial charge in [0.05, 0.1) is 17.7 Å². The quantitative estimate of drug-likeness (QED) is 0.871. The molecule has 2 rings (SSSR count). The second-order valence-electron chi connectivity index (χ2n) is 3.28. The van der Waals surface area contributed by atoms with Gasteiger partial charge in [0, 0.05) is 10.8 Å². The molecule has 2 aromatic rings. The van der Waals surface area contributed by atoms with Gasteiger partial charge >= 0.3 is 5.97 Å². The van der Waals surface area contributed by atoms with Crippen LogP contribution in [0.1, 0.15) is 10.4 Å². The molecule has 3 nitrogen and oxygen atoms in total. The first-order valence-corrected chi connectivity index (χ1v) is 5.01. The zero-order chi connectivity index (χ0) is 11.7. The normalized spacial score (nSPS) is 10.4. The maximum absolute atomic E-state index is 11.0. The van der Waals surface area contributed by atoms with Crippen LogP contribution in [0.2, 0.25) is 5.02 Å². The molecule has 0 aliphatic heterocycles. The Hall–Kier alpha value is -1.74. The first-order chi connectivity index (χ1) is 7.65. The van der Waals surface area contributed by atoms with Crippen molar-refractivity contribution < 1.29 is 14.6 Å². The largest absolute Gasteiger partial charge is 0.496 e. The van der Waals surface area contributed by atoms with Gasteiger partial charge in [-0.1, -0.05) is 23.7 Å². The van der Waals surface area contributed by atoms with Gasteiger partial charge in [-0.3, -0.25) is 0 Å². The molecule has 0 fully saturated rings. The standard InChI is InChI=1S/C12H9ClO3/c1-16-10-6-5-8(12(14)15)7-3-2-4-9(13)11(7)10/h2-6H,1H3,(H,14,15). The first kappa shape index (κ1) is 10.8. The number of benzene rings is 2. The van der Waals surface area contributed by atoms with E-state index in [0.29, 0.717) is 21.5 Å². The number of hydrogen-bond donors (Lipinski definition) is 1. The van der Waals surface area contributed by atoms with Crippen molar-refractivity contribution in [2.45, 2.75) is 0 Å². The van der Waals surface area contributed by atoms with E-state index in [0.717, 1.165) is 0 Å². The van der Waals surface area contributed by atoms with Crippen molar-refractivity contribution in [2.24, 2.45) is 0 Å². The molecule has 2 aromatic carbocycles. The van der Waals surface area contributed by atoms with E-state index in [2.05, 4.69) is 0 Å². The molecule has 0 saturated carbocycles. The number of carboxylic acids is 1. The fraction of sp³-hybridized carbons (Fsp3) is 0.0833. The number of carbonyl (C=O) groups is 1. The molecule has 0 amide bonds. The highest BCUT2D eigenvalue weighted by Gasteiger charge is 2.13. The maximum Gasteiger partial charge on any atom is 0.336 e. The van der Waals surface area contributed by atoms with Gasteiger partial charge in [-0.05, 0) is 18.2 Å². The molecule has 0 aliphatic rings. The zero-order valence-corrected chi connectivity index (χ0v) is 9.28. The lowest BCUT2D eigenvalue weighted by molar-refractivity contribution is 0.0699. The molecule has 16 heavy (non-hydrogen) atoms. The van der Waals surface area contributed by atoms with E-state index in [4.69, 9.17) is 21.4 Å². The summed E-state index contributed by atoms with van der Waals surface area (Å²) in [6.45, 7) is 0. The minimum Gasteiger partial charge on any atom is -0.496 e. The molecule has 82 valence electrons. The molecule has 0 bridgehead atoms. The van der Waals surface area contributed by atoms with E-state index in [9.17, 15) is 4.79 Å². The van der Waals surface area contributed by atoms with Gasteiger partial charge in [-0.25, -0.2) is 4.79 Å². The minimum atomic E-state index is -0.977. The van der Waals surface area contributed by atoms with Gasteiger partial charge in [0.2, 0.25) is 0 Å². The fourth-order valence-electron chi connectivity index (χ4n) is 1.69. The third kappa shape index (κ3) is 1.59. The van der Waals surface area contributed by atoms with Crippen molar-refractivity contribution in [3.63, 3.8) is 0 Å². The Bertz CT molecular complexity index is 563. The summed E-state index contributed by atoms with van der Waals surface area (Å²) in [5.41, 5.74) is 0.221. The predicted octanol–water partition coefficient (Wildman–Crippen LogP) is 3.20. The van der Waals surface area contributed by atoms with Crippen molar-refractivity contribution in [1.29, 1.82) is 0 Å². The van der Waals surface area contributed by atoms with E-state index in [1.54, 1.807) is 24.3 Å². The average Bonchev–Trinajstić information content (AvgIpc) is 2.27. The summed E-state index contributed by atoms with van der Waals surface area (Å²) in [5, 5.41) is 10.8. The maximum atomic E-state index is 11.0. The van der Waals surface area contributed by atoms with Gasteiger partial charge < -0.3 is 9.84 Å². The van der Waals surface area contributed by atoms with Crippen LogP contribution in [0.3, 0.4) is 0 Å². The summed E-state index contributed by atoms with van der Waals surface area (Å²) >= 11 is 6.04. The molecule has 0 aromatic heterocycles. The second kappa shape index (κ2) is 4.02. The summed E-state index contributed by atoms with van der Waals surface area (Å²) in [6, 6.07) is 8.26. The summed E-state index contributed by atoms with van der Waals surface area (Å²) < 4.78 is 5.17. The van der Waals surface area contributed by atoms with E-state index in [1.807, 2.05) is 0 Å². The fourth-order valence-corrected chi connectivity index (χ4v) is 1.96. The van der Waals surface area contributed by atoms with Crippen molar-refractivity contribution >= 4 is 28.3 Å². The summed E-state index contributed by atoms with van der Waals surface area (Å²) in [6.07, 6.45) is 0. The van der Waals surface area contributed by atoms with Crippen molar-refractivity contribution in [3.05, 3.63) is 40.9 Å². The van der Waals surface area contributed by atoms with E-state index in [-0.39, 0.29) is 5.56 Å². The number of methoxy groups -OCH3 is 1. The van der Waals surface area contributed by atoms with Gasteiger partial charge in [-0.2, -0.15) is 0 Å². The van der Waals surface area contributed by atoms with Crippen LogP contribution in [0, 0.1) is 0 Å². The SMILES string of the molecule is COc1ccc(C(=O)O)c2cccc(Cl)c12. The van der Waals surface area contributed by atoms with Gasteiger partial charge in [0.25, 0.3) is 0 Å². The lowest BCUT2D eigenvalue weighted by Gasteiger charge is -2.09. The lowest BCUT2D eigenvalue weighted by Crippen LogP contribution is -1.98. The van der Waals surface area contributed by atoms with Crippen LogP contribution in [-0.4, -0.2) is 18.2 Å². The van der Waals surface area contributed by atoms with Gasteiger partial charge in [0.1, 0.15) is 5.75 Å². The van der Waals surface area contributed by atoms with Crippen molar-refractivity contribution in [1.82, 2.24) is 0 Å². The molecular formula is C12H9ClO3. The second-order valence-corrected chi connectivity index (χ2v) is 3.69. The summed E-state index contributed by atoms with van der Waals surface area (Å²) in [7, 11) is 1.53. The topological polar surface area (TPSA) is 46.5 Å². The predicted molar refractivity (Wildman–Crippen MR) is 62.5 cm³/mol. The highest BCUT2D eigenvalue weighted by atomic mass is 35.5. The molecule has 0 atom stereocenters. The smallest absolute Gasteiger partial charge is 0.336 e. The molecule has 0 saturated heterocycles. The van der Waals surface area contributed by atoms with Crippen LogP contribution in [0.4, 0.5) is 0 Å². The molecule has 0 radical (unpaired) electrons. The Morgan fingerprint density at radius 2 is 2.06 bits per heavy atom. The van der Waals surface area contributed by atoms with Gasteiger partial charge in [-0.15, -0.1) is 0 Å². The Morgan fingerprint density at radius 3 is 2.69 bits per heavy atom. The summed E-state index contributed by atoms with van der Waals surface area (Å²) in [4.78, 5) is 11.0. The summed E-state index contributed by atoms with van der Waals surface area (Å²) in [5.74, 6) is -0.402. The van der Waals surface area contributed by atoms with Crippen LogP contribution >= 0.6 is 11.6 Å². The van der Waals surface area contributed by atoms with Crippen molar-refractivity contribution in [3.8, 4) is 5.75 Å². The number of hydrogen-bond acceptors (Lipinski definition) is 2. The highest BCUT2D eigenvalue weighted by Crippen LogP contribution is 2.34. The van der Waals surface area contributed by atoms with Crippen LogP contribution in [0.15, 0.2) is 30.3 Å². The number of rotatable bonds is 2. The van der Waals surface area contributed by atoms with Crippen LogP contribution in [0.5, 0.6) is 5.75 Å². The van der Waals surface area contributed by atoms with Crippen molar-refractivity contribution in [2.75, 3.05) is 7.11 Å². The first-order valence-electron chi connectivity index (χ1n) is 4.63. The monoisotopic (exact) mass is 236 g/mol. The number of fused-ring (bicyclic) bond motifs is 1. The van der Waals surface area contributed by atoms with E-state index in [1.165, 1.54) is 13.2 Å². The Balaban J connectivity index is 2.91. The third-order valence-corrected chi connectivity index (χ3v) is 2.72. The number of aromatic carboxylic acids is 1. The average molecular weight is 237 g/mol.